The highest BCUT2D eigenvalue weighted by Gasteiger charge is 2.21. The number of rotatable bonds is 9. The van der Waals surface area contributed by atoms with Gasteiger partial charge in [0.05, 0.1) is 10.6 Å². The summed E-state index contributed by atoms with van der Waals surface area (Å²) in [7, 11) is 0. The summed E-state index contributed by atoms with van der Waals surface area (Å²) in [5.41, 5.74) is 0.691. The van der Waals surface area contributed by atoms with Gasteiger partial charge in [0.2, 0.25) is 0 Å². The van der Waals surface area contributed by atoms with Gasteiger partial charge in [-0.2, -0.15) is 5.10 Å². The molecule has 178 valence electrons. The lowest BCUT2D eigenvalue weighted by molar-refractivity contribution is -0.386. The lowest BCUT2D eigenvalue weighted by Crippen LogP contribution is -2.17. The second-order valence-corrected chi connectivity index (χ2v) is 7.30. The average molecular weight is 475 g/mol. The van der Waals surface area contributed by atoms with Gasteiger partial charge in [-0.1, -0.05) is 30.3 Å². The largest absolute Gasteiger partial charge is 0.479 e. The average Bonchev–Trinajstić information content (AvgIpc) is 3.51. The van der Waals surface area contributed by atoms with Crippen LogP contribution in [0.15, 0.2) is 77.3 Å². The van der Waals surface area contributed by atoms with Crippen LogP contribution in [0.2, 0.25) is 0 Å². The number of carbonyl (C=O) groups excluding carboxylic acids is 2. The van der Waals surface area contributed by atoms with Gasteiger partial charge in [0.15, 0.2) is 17.2 Å². The summed E-state index contributed by atoms with van der Waals surface area (Å²) in [6.07, 6.45) is 1.55. The number of benzene rings is 2. The van der Waals surface area contributed by atoms with E-state index in [0.717, 1.165) is 0 Å². The lowest BCUT2D eigenvalue weighted by atomic mass is 10.3. The van der Waals surface area contributed by atoms with Crippen molar-refractivity contribution in [3.8, 4) is 5.75 Å². The number of nitro benzene ring substituents is 1. The van der Waals surface area contributed by atoms with Crippen molar-refractivity contribution in [2.75, 3.05) is 10.6 Å². The Morgan fingerprint density at radius 2 is 1.77 bits per heavy atom. The first-order valence-electron chi connectivity index (χ1n) is 10.6. The second kappa shape index (κ2) is 10.3. The van der Waals surface area contributed by atoms with Crippen molar-refractivity contribution in [3.63, 3.8) is 0 Å². The van der Waals surface area contributed by atoms with Gasteiger partial charge in [-0.15, -0.1) is 0 Å². The van der Waals surface area contributed by atoms with E-state index in [2.05, 4.69) is 15.7 Å². The van der Waals surface area contributed by atoms with Gasteiger partial charge < -0.3 is 19.8 Å². The number of hydrogen-bond donors (Lipinski definition) is 2. The molecule has 0 bridgehead atoms. The van der Waals surface area contributed by atoms with Crippen molar-refractivity contribution in [3.05, 3.63) is 100 Å². The lowest BCUT2D eigenvalue weighted by Gasteiger charge is -2.06. The molecule has 2 amide bonds. The number of nitrogens with one attached hydrogen (secondary N) is 2. The molecule has 11 heteroatoms. The summed E-state index contributed by atoms with van der Waals surface area (Å²) in [6, 6.07) is 17.8. The van der Waals surface area contributed by atoms with Gasteiger partial charge in [-0.25, -0.2) is 0 Å². The van der Waals surface area contributed by atoms with Crippen LogP contribution in [0.25, 0.3) is 0 Å². The number of carbonyl (C=O) groups is 2. The third kappa shape index (κ3) is 5.53. The number of anilines is 2. The first-order chi connectivity index (χ1) is 16.9. The van der Waals surface area contributed by atoms with Crippen molar-refractivity contribution in [1.29, 1.82) is 0 Å². The number of para-hydroxylation sites is 3. The Balaban J connectivity index is 1.45. The monoisotopic (exact) mass is 475 g/mol. The summed E-state index contributed by atoms with van der Waals surface area (Å²) in [5, 5.41) is 20.8. The van der Waals surface area contributed by atoms with Gasteiger partial charge in [-0.3, -0.25) is 24.4 Å². The van der Waals surface area contributed by atoms with E-state index in [4.69, 9.17) is 9.15 Å². The zero-order valence-electron chi connectivity index (χ0n) is 18.6. The fourth-order valence-corrected chi connectivity index (χ4v) is 3.19. The van der Waals surface area contributed by atoms with Gasteiger partial charge >= 0.3 is 5.69 Å². The minimum Gasteiger partial charge on any atom is -0.479 e. The Morgan fingerprint density at radius 1 is 1.03 bits per heavy atom. The van der Waals surface area contributed by atoms with Crippen molar-refractivity contribution < 1.29 is 23.7 Å². The number of nitro groups is 1. The van der Waals surface area contributed by atoms with Gasteiger partial charge in [0.1, 0.15) is 12.4 Å². The summed E-state index contributed by atoms with van der Waals surface area (Å²) in [5.74, 6) is -0.714. The summed E-state index contributed by atoms with van der Waals surface area (Å²) >= 11 is 0. The Morgan fingerprint density at radius 3 is 2.51 bits per heavy atom. The minimum absolute atomic E-state index is 0.0233. The highest BCUT2D eigenvalue weighted by Crippen LogP contribution is 2.27. The molecule has 0 radical (unpaired) electrons. The third-order valence-electron chi connectivity index (χ3n) is 4.90. The van der Waals surface area contributed by atoms with Gasteiger partial charge in [0.25, 0.3) is 11.8 Å². The van der Waals surface area contributed by atoms with Crippen LogP contribution in [0.4, 0.5) is 17.1 Å². The Kier molecular flexibility index (Phi) is 6.86. The molecule has 0 fully saturated rings. The molecule has 2 aromatic carbocycles. The molecule has 4 aromatic rings. The molecule has 35 heavy (non-hydrogen) atoms. The molecule has 0 spiro atoms. The molecular formula is C24H21N5O6. The molecule has 0 atom stereocenters. The third-order valence-corrected chi connectivity index (χ3v) is 4.90. The van der Waals surface area contributed by atoms with E-state index in [1.54, 1.807) is 36.5 Å². The first kappa shape index (κ1) is 23.2. The van der Waals surface area contributed by atoms with E-state index < -0.39 is 16.7 Å². The SMILES string of the molecule is CCn1cc(NC(=O)c2ccc(COc3ccccc3[N+](=O)[O-])o2)c(C(=O)Nc2ccccc2)n1. The first-order valence-corrected chi connectivity index (χ1v) is 10.6. The highest BCUT2D eigenvalue weighted by atomic mass is 16.6. The molecule has 2 heterocycles. The van der Waals surface area contributed by atoms with E-state index in [0.29, 0.717) is 18.0 Å². The number of amides is 2. The van der Waals surface area contributed by atoms with Crippen molar-refractivity contribution in [2.24, 2.45) is 0 Å². The quantitative estimate of drug-likeness (QED) is 0.268. The molecule has 0 aliphatic rings. The molecule has 2 aromatic heterocycles. The predicted octanol–water partition coefficient (Wildman–Crippen LogP) is 4.49. The molecule has 11 nitrogen and oxygen atoms in total. The maximum absolute atomic E-state index is 12.8. The number of furan rings is 1. The van der Waals surface area contributed by atoms with E-state index in [1.165, 1.54) is 35.0 Å². The number of aryl methyl sites for hydroxylation is 1. The second-order valence-electron chi connectivity index (χ2n) is 7.30. The molecule has 0 aliphatic heterocycles. The highest BCUT2D eigenvalue weighted by molar-refractivity contribution is 6.10. The fourth-order valence-electron chi connectivity index (χ4n) is 3.19. The standard InChI is InChI=1S/C24H21N5O6/c1-2-28-14-18(22(27-28)24(31)25-16-8-4-3-5-9-16)26-23(30)21-13-12-17(35-21)15-34-20-11-7-6-10-19(20)29(32)33/h3-14H,2,15H2,1H3,(H,25,31)(H,26,30). The molecule has 0 saturated carbocycles. The zero-order valence-corrected chi connectivity index (χ0v) is 18.6. The number of hydrogen-bond acceptors (Lipinski definition) is 7. The van der Waals surface area contributed by atoms with Crippen LogP contribution in [0.5, 0.6) is 5.75 Å². The van der Waals surface area contributed by atoms with Crippen LogP contribution in [0, 0.1) is 10.1 Å². The van der Waals surface area contributed by atoms with Crippen LogP contribution in [0.1, 0.15) is 33.7 Å². The number of ether oxygens (including phenoxy) is 1. The number of nitrogens with zero attached hydrogens (tertiary/aromatic N) is 3. The van der Waals surface area contributed by atoms with Crippen LogP contribution >= 0.6 is 0 Å². The molecule has 0 aliphatic carbocycles. The summed E-state index contributed by atoms with van der Waals surface area (Å²) < 4.78 is 12.6. The molecule has 2 N–H and O–H groups in total. The maximum atomic E-state index is 12.8. The Bertz CT molecular complexity index is 1360. The van der Waals surface area contributed by atoms with E-state index in [9.17, 15) is 19.7 Å². The zero-order chi connectivity index (χ0) is 24.8. The molecular weight excluding hydrogens is 454 g/mol. The van der Waals surface area contributed by atoms with E-state index >= 15 is 0 Å². The molecule has 0 unspecified atom stereocenters. The predicted molar refractivity (Wildman–Crippen MR) is 126 cm³/mol. The molecule has 4 rings (SSSR count). The summed E-state index contributed by atoms with van der Waals surface area (Å²) in [6.45, 7) is 2.24. The van der Waals surface area contributed by atoms with Crippen molar-refractivity contribution >= 4 is 28.9 Å². The van der Waals surface area contributed by atoms with Crippen LogP contribution < -0.4 is 15.4 Å². The fraction of sp³-hybridized carbons (Fsp3) is 0.125. The van der Waals surface area contributed by atoms with E-state index in [-0.39, 0.29) is 35.2 Å². The van der Waals surface area contributed by atoms with Crippen LogP contribution in [-0.4, -0.2) is 26.5 Å². The van der Waals surface area contributed by atoms with Crippen LogP contribution in [-0.2, 0) is 13.2 Å². The van der Waals surface area contributed by atoms with E-state index in [1.807, 2.05) is 13.0 Å². The van der Waals surface area contributed by atoms with Gasteiger partial charge in [-0.05, 0) is 37.3 Å². The van der Waals surface area contributed by atoms with Crippen molar-refractivity contribution in [2.45, 2.75) is 20.1 Å². The van der Waals surface area contributed by atoms with Crippen molar-refractivity contribution in [1.82, 2.24) is 9.78 Å². The Labute approximate surface area is 199 Å². The summed E-state index contributed by atoms with van der Waals surface area (Å²) in [4.78, 5) is 36.1. The Hall–Kier alpha value is -4.93. The smallest absolute Gasteiger partial charge is 0.310 e. The number of aromatic nitrogens is 2. The molecule has 0 saturated heterocycles. The normalized spacial score (nSPS) is 10.5. The van der Waals surface area contributed by atoms with Gasteiger partial charge in [0, 0.05) is 24.5 Å². The topological polar surface area (TPSA) is 142 Å². The van der Waals surface area contributed by atoms with Crippen LogP contribution in [0.3, 0.4) is 0 Å². The maximum Gasteiger partial charge on any atom is 0.310 e. The minimum atomic E-state index is -0.591.